The zero-order chi connectivity index (χ0) is 19.0. The van der Waals surface area contributed by atoms with Crippen LogP contribution in [0.4, 0.5) is 0 Å². The van der Waals surface area contributed by atoms with Gasteiger partial charge >= 0.3 is 5.97 Å². The zero-order valence-electron chi connectivity index (χ0n) is 14.8. The third-order valence-electron chi connectivity index (χ3n) is 3.99. The van der Waals surface area contributed by atoms with E-state index in [1.807, 2.05) is 0 Å². The molecule has 2 rings (SSSR count). The van der Waals surface area contributed by atoms with Crippen LogP contribution in [0.5, 0.6) is 0 Å². The van der Waals surface area contributed by atoms with Crippen LogP contribution in [0.1, 0.15) is 29.6 Å². The monoisotopic (exact) mass is 384 g/mol. The van der Waals surface area contributed by atoms with Crippen molar-refractivity contribution < 1.29 is 27.5 Å². The van der Waals surface area contributed by atoms with Gasteiger partial charge in [0, 0.05) is 26.7 Å². The molecule has 1 aliphatic rings. The smallest absolute Gasteiger partial charge is 0.338 e. The predicted molar refractivity (Wildman–Crippen MR) is 94.2 cm³/mol. The molecule has 8 nitrogen and oxygen atoms in total. The molecule has 1 aromatic carbocycles. The van der Waals surface area contributed by atoms with Crippen molar-refractivity contribution in [2.45, 2.75) is 24.2 Å². The van der Waals surface area contributed by atoms with Crippen LogP contribution in [-0.2, 0) is 24.3 Å². The second-order valence-corrected chi connectivity index (χ2v) is 7.85. The first kappa shape index (κ1) is 20.3. The first-order valence-electron chi connectivity index (χ1n) is 8.48. The Morgan fingerprint density at radius 3 is 2.62 bits per heavy atom. The summed E-state index contributed by atoms with van der Waals surface area (Å²) in [4.78, 5) is 23.7. The number of amides is 1. The van der Waals surface area contributed by atoms with Crippen molar-refractivity contribution in [3.05, 3.63) is 29.8 Å². The molecule has 26 heavy (non-hydrogen) atoms. The van der Waals surface area contributed by atoms with Crippen LogP contribution in [0.3, 0.4) is 0 Å². The molecule has 0 unspecified atom stereocenters. The highest BCUT2D eigenvalue weighted by molar-refractivity contribution is 7.89. The Balaban J connectivity index is 1.99. The maximum atomic E-state index is 12.7. The summed E-state index contributed by atoms with van der Waals surface area (Å²) in [5.74, 6) is -1.20. The molecular formula is C17H24N2O6S. The van der Waals surface area contributed by atoms with E-state index in [0.29, 0.717) is 26.2 Å². The number of methoxy groups -OCH3 is 1. The molecule has 0 saturated carbocycles. The Morgan fingerprint density at radius 1 is 1.19 bits per heavy atom. The lowest BCUT2D eigenvalue weighted by atomic mass is 10.2. The van der Waals surface area contributed by atoms with Gasteiger partial charge in [-0.05, 0) is 31.0 Å². The van der Waals surface area contributed by atoms with Crippen LogP contribution in [0.15, 0.2) is 29.2 Å². The second-order valence-electron chi connectivity index (χ2n) is 5.91. The largest absolute Gasteiger partial charge is 0.452 e. The molecule has 1 aromatic rings. The molecule has 1 N–H and O–H groups in total. The third kappa shape index (κ3) is 5.52. The highest BCUT2D eigenvalue weighted by Gasteiger charge is 2.26. The average Bonchev–Trinajstić information content (AvgIpc) is 2.67. The minimum absolute atomic E-state index is 0.0541. The summed E-state index contributed by atoms with van der Waals surface area (Å²) in [7, 11) is -2.12. The molecule has 1 heterocycles. The third-order valence-corrected chi connectivity index (χ3v) is 5.88. The first-order valence-corrected chi connectivity index (χ1v) is 9.92. The van der Waals surface area contributed by atoms with Crippen LogP contribution < -0.4 is 5.32 Å². The Labute approximate surface area is 153 Å². The molecule has 0 atom stereocenters. The van der Waals surface area contributed by atoms with E-state index < -0.39 is 28.5 Å². The topological polar surface area (TPSA) is 102 Å². The molecule has 0 spiro atoms. The summed E-state index contributed by atoms with van der Waals surface area (Å²) in [6, 6.07) is 5.69. The highest BCUT2D eigenvalue weighted by Crippen LogP contribution is 2.21. The van der Waals surface area contributed by atoms with Crippen molar-refractivity contribution in [2.24, 2.45) is 0 Å². The number of ether oxygens (including phenoxy) is 2. The van der Waals surface area contributed by atoms with Crippen molar-refractivity contribution in [1.82, 2.24) is 9.62 Å². The maximum absolute atomic E-state index is 12.7. The quantitative estimate of drug-likeness (QED) is 0.525. The normalized spacial score (nSPS) is 15.4. The molecule has 1 saturated heterocycles. The lowest BCUT2D eigenvalue weighted by molar-refractivity contribution is -0.124. The average molecular weight is 384 g/mol. The van der Waals surface area contributed by atoms with Gasteiger partial charge < -0.3 is 14.8 Å². The number of benzene rings is 1. The Kier molecular flexibility index (Phi) is 7.55. The summed E-state index contributed by atoms with van der Waals surface area (Å²) in [5, 5.41) is 2.53. The number of sulfonamides is 1. The molecule has 144 valence electrons. The van der Waals surface area contributed by atoms with Gasteiger partial charge in [-0.2, -0.15) is 4.31 Å². The van der Waals surface area contributed by atoms with E-state index in [4.69, 9.17) is 9.47 Å². The molecule has 0 bridgehead atoms. The lowest BCUT2D eigenvalue weighted by Crippen LogP contribution is -2.35. The first-order chi connectivity index (χ1) is 12.4. The van der Waals surface area contributed by atoms with Crippen molar-refractivity contribution in [2.75, 3.05) is 40.0 Å². The van der Waals surface area contributed by atoms with Crippen molar-refractivity contribution in [3.63, 3.8) is 0 Å². The van der Waals surface area contributed by atoms with Gasteiger partial charge in [0.15, 0.2) is 6.61 Å². The van der Waals surface area contributed by atoms with E-state index in [0.717, 1.165) is 19.3 Å². The Hall–Kier alpha value is -1.97. The van der Waals surface area contributed by atoms with Crippen LogP contribution >= 0.6 is 0 Å². The number of esters is 1. The van der Waals surface area contributed by atoms with Crippen LogP contribution in [0, 0.1) is 0 Å². The summed E-state index contributed by atoms with van der Waals surface area (Å²) in [6.45, 7) is 1.20. The highest BCUT2D eigenvalue weighted by atomic mass is 32.2. The van der Waals surface area contributed by atoms with Crippen molar-refractivity contribution in [1.29, 1.82) is 0 Å². The van der Waals surface area contributed by atoms with Crippen molar-refractivity contribution >= 4 is 21.9 Å². The lowest BCUT2D eigenvalue weighted by Gasteiger charge is -2.25. The molecule has 9 heteroatoms. The standard InChI is InChI=1S/C17H24N2O6S/c1-24-11-8-18-16(20)13-25-17(21)14-6-5-7-15(12-14)26(22,23)19-9-3-2-4-10-19/h5-7,12H,2-4,8-11,13H2,1H3,(H,18,20). The van der Waals surface area contributed by atoms with E-state index in [2.05, 4.69) is 5.32 Å². The van der Waals surface area contributed by atoms with Gasteiger partial charge in [0.1, 0.15) is 0 Å². The van der Waals surface area contributed by atoms with Gasteiger partial charge in [0.05, 0.1) is 17.1 Å². The van der Waals surface area contributed by atoms with Gasteiger partial charge in [0.2, 0.25) is 10.0 Å². The molecule has 1 amide bonds. The van der Waals surface area contributed by atoms with Crippen molar-refractivity contribution in [3.8, 4) is 0 Å². The Bertz CT molecular complexity index is 729. The number of nitrogens with zero attached hydrogens (tertiary/aromatic N) is 1. The van der Waals surface area contributed by atoms with Gasteiger partial charge in [0.25, 0.3) is 5.91 Å². The van der Waals surface area contributed by atoms with E-state index in [9.17, 15) is 18.0 Å². The van der Waals surface area contributed by atoms with Gasteiger partial charge in [-0.1, -0.05) is 12.5 Å². The summed E-state index contributed by atoms with van der Waals surface area (Å²) >= 11 is 0. The predicted octanol–water partition coefficient (Wildman–Crippen LogP) is 0.781. The van der Waals surface area contributed by atoms with E-state index in [1.54, 1.807) is 0 Å². The zero-order valence-corrected chi connectivity index (χ0v) is 15.6. The van der Waals surface area contributed by atoms with E-state index in [-0.39, 0.29) is 10.5 Å². The second kappa shape index (κ2) is 9.65. The van der Waals surface area contributed by atoms with Crippen LogP contribution in [0.2, 0.25) is 0 Å². The number of hydrogen-bond donors (Lipinski definition) is 1. The molecule has 0 aliphatic carbocycles. The number of nitrogens with one attached hydrogen (secondary N) is 1. The van der Waals surface area contributed by atoms with Crippen LogP contribution in [-0.4, -0.2) is 64.6 Å². The molecule has 0 aromatic heterocycles. The fourth-order valence-electron chi connectivity index (χ4n) is 2.60. The van der Waals surface area contributed by atoms with Gasteiger partial charge in [-0.15, -0.1) is 0 Å². The molecule has 0 radical (unpaired) electrons. The molecule has 1 fully saturated rings. The maximum Gasteiger partial charge on any atom is 0.338 e. The fourth-order valence-corrected chi connectivity index (χ4v) is 4.16. The number of rotatable bonds is 8. The van der Waals surface area contributed by atoms with Gasteiger partial charge in [-0.25, -0.2) is 13.2 Å². The molecular weight excluding hydrogens is 360 g/mol. The fraction of sp³-hybridized carbons (Fsp3) is 0.529. The van der Waals surface area contributed by atoms with Crippen LogP contribution in [0.25, 0.3) is 0 Å². The summed E-state index contributed by atoms with van der Waals surface area (Å²) in [5.41, 5.74) is 0.0905. The number of carbonyl (C=O) groups excluding carboxylic acids is 2. The molecule has 1 aliphatic heterocycles. The number of hydrogen-bond acceptors (Lipinski definition) is 6. The minimum atomic E-state index is -3.63. The summed E-state index contributed by atoms with van der Waals surface area (Å²) < 4.78 is 36.5. The SMILES string of the molecule is COCCNC(=O)COC(=O)c1cccc(S(=O)(=O)N2CCCCC2)c1. The summed E-state index contributed by atoms with van der Waals surface area (Å²) in [6.07, 6.45) is 2.68. The van der Waals surface area contributed by atoms with E-state index >= 15 is 0 Å². The number of piperidine rings is 1. The minimum Gasteiger partial charge on any atom is -0.452 e. The number of carbonyl (C=O) groups is 2. The van der Waals surface area contributed by atoms with Gasteiger partial charge in [-0.3, -0.25) is 4.79 Å². The van der Waals surface area contributed by atoms with E-state index in [1.165, 1.54) is 35.7 Å². The Morgan fingerprint density at radius 2 is 1.92 bits per heavy atom.